The molecule has 2 aliphatic rings. The zero-order valence-electron chi connectivity index (χ0n) is 16.1. The third-order valence-corrected chi connectivity index (χ3v) is 6.00. The Labute approximate surface area is 172 Å². The van der Waals surface area contributed by atoms with Gasteiger partial charge in [0.15, 0.2) is 11.0 Å². The quantitative estimate of drug-likeness (QED) is 0.648. The summed E-state index contributed by atoms with van der Waals surface area (Å²) in [7, 11) is 0. The molecule has 2 heterocycles. The molecule has 0 aliphatic carbocycles. The highest BCUT2D eigenvalue weighted by molar-refractivity contribution is 8.18. The molecular formula is C22H21F2N3OS. The maximum atomic E-state index is 14.0. The standard InChI is InChI=1S/C22H21F2N3OS/c1-2-27-21(28)20(29-22(27)25-19-10-7-16(23)14-18(19)24)13-15-5-8-17(9-6-15)26-11-3-4-12-26/h5-10,13-14H,2-4,11-12H2,1H3/b20-13+,25-22?. The summed E-state index contributed by atoms with van der Waals surface area (Å²) in [5.41, 5.74) is 2.13. The lowest BCUT2D eigenvalue weighted by molar-refractivity contribution is -0.122. The number of benzene rings is 2. The van der Waals surface area contributed by atoms with Crippen LogP contribution in [0.1, 0.15) is 25.3 Å². The molecule has 4 nitrogen and oxygen atoms in total. The van der Waals surface area contributed by atoms with E-state index in [1.54, 1.807) is 0 Å². The molecule has 0 spiro atoms. The van der Waals surface area contributed by atoms with Crippen molar-refractivity contribution in [1.82, 2.24) is 4.90 Å². The third-order valence-electron chi connectivity index (χ3n) is 4.99. The van der Waals surface area contributed by atoms with Gasteiger partial charge in [-0.3, -0.25) is 9.69 Å². The lowest BCUT2D eigenvalue weighted by Crippen LogP contribution is -2.28. The normalized spacial score (nSPS) is 19.8. The third kappa shape index (κ3) is 4.19. The van der Waals surface area contributed by atoms with E-state index in [2.05, 4.69) is 22.0 Å². The summed E-state index contributed by atoms with van der Waals surface area (Å²) in [6, 6.07) is 11.4. The van der Waals surface area contributed by atoms with E-state index in [0.29, 0.717) is 16.6 Å². The van der Waals surface area contributed by atoms with E-state index in [0.717, 1.165) is 30.8 Å². The molecule has 2 aromatic rings. The van der Waals surface area contributed by atoms with Crippen LogP contribution in [0.4, 0.5) is 20.2 Å². The largest absolute Gasteiger partial charge is 0.372 e. The molecule has 0 N–H and O–H groups in total. The highest BCUT2D eigenvalue weighted by atomic mass is 32.2. The average Bonchev–Trinajstić information content (AvgIpc) is 3.34. The Morgan fingerprint density at radius 1 is 1.10 bits per heavy atom. The van der Waals surface area contributed by atoms with Crippen molar-refractivity contribution in [3.63, 3.8) is 0 Å². The molecule has 0 unspecified atom stereocenters. The summed E-state index contributed by atoms with van der Waals surface area (Å²) < 4.78 is 27.1. The summed E-state index contributed by atoms with van der Waals surface area (Å²) in [5, 5.41) is 0.392. The molecule has 29 heavy (non-hydrogen) atoms. The zero-order valence-corrected chi connectivity index (χ0v) is 16.9. The predicted molar refractivity (Wildman–Crippen MR) is 114 cm³/mol. The number of hydrogen-bond acceptors (Lipinski definition) is 4. The number of halogens is 2. The van der Waals surface area contributed by atoms with Gasteiger partial charge in [-0.25, -0.2) is 13.8 Å². The Balaban J connectivity index is 1.58. The minimum atomic E-state index is -0.753. The van der Waals surface area contributed by atoms with Gasteiger partial charge in [0.25, 0.3) is 5.91 Å². The van der Waals surface area contributed by atoms with Crippen LogP contribution in [0.5, 0.6) is 0 Å². The van der Waals surface area contributed by atoms with Gasteiger partial charge in [0, 0.05) is 31.4 Å². The maximum Gasteiger partial charge on any atom is 0.266 e. The van der Waals surface area contributed by atoms with Gasteiger partial charge >= 0.3 is 0 Å². The zero-order chi connectivity index (χ0) is 20.4. The van der Waals surface area contributed by atoms with Crippen LogP contribution in [-0.4, -0.2) is 35.6 Å². The number of anilines is 1. The molecule has 2 aliphatic heterocycles. The summed E-state index contributed by atoms with van der Waals surface area (Å²) in [4.78, 5) is 21.4. The molecule has 2 saturated heterocycles. The van der Waals surface area contributed by atoms with E-state index in [9.17, 15) is 13.6 Å². The van der Waals surface area contributed by atoms with Crippen molar-refractivity contribution in [3.05, 3.63) is 64.6 Å². The van der Waals surface area contributed by atoms with Crippen molar-refractivity contribution in [2.45, 2.75) is 19.8 Å². The first-order valence-corrected chi connectivity index (χ1v) is 10.5. The van der Waals surface area contributed by atoms with Crippen LogP contribution in [0.25, 0.3) is 6.08 Å². The van der Waals surface area contributed by atoms with Gasteiger partial charge in [0.05, 0.1) is 4.91 Å². The van der Waals surface area contributed by atoms with Crippen molar-refractivity contribution in [1.29, 1.82) is 0 Å². The fourth-order valence-electron chi connectivity index (χ4n) is 3.45. The van der Waals surface area contributed by atoms with Gasteiger partial charge < -0.3 is 4.90 Å². The first-order chi connectivity index (χ1) is 14.0. The van der Waals surface area contributed by atoms with Gasteiger partial charge in [-0.15, -0.1) is 0 Å². The van der Waals surface area contributed by atoms with Crippen molar-refractivity contribution in [2.75, 3.05) is 24.5 Å². The number of rotatable bonds is 4. The average molecular weight is 413 g/mol. The van der Waals surface area contributed by atoms with E-state index < -0.39 is 11.6 Å². The number of amidine groups is 1. The molecule has 0 bridgehead atoms. The molecule has 0 saturated carbocycles. The predicted octanol–water partition coefficient (Wildman–Crippen LogP) is 5.19. The molecule has 1 amide bonds. The number of thioether (sulfide) groups is 1. The number of amides is 1. The lowest BCUT2D eigenvalue weighted by Gasteiger charge is -2.17. The fraction of sp³-hybridized carbons (Fsp3) is 0.273. The number of aliphatic imine (C=N–C) groups is 1. The summed E-state index contributed by atoms with van der Waals surface area (Å²) in [6.45, 7) is 4.42. The van der Waals surface area contributed by atoms with Crippen LogP contribution in [0.2, 0.25) is 0 Å². The Bertz CT molecular complexity index is 982. The summed E-state index contributed by atoms with van der Waals surface area (Å²) in [6.07, 6.45) is 4.27. The Kier molecular flexibility index (Phi) is 5.67. The van der Waals surface area contributed by atoms with Gasteiger partial charge in [-0.1, -0.05) is 12.1 Å². The molecule has 0 aromatic heterocycles. The topological polar surface area (TPSA) is 35.9 Å². The van der Waals surface area contributed by atoms with Crippen molar-refractivity contribution in [3.8, 4) is 0 Å². The van der Waals surface area contributed by atoms with E-state index in [1.807, 2.05) is 25.1 Å². The number of carbonyl (C=O) groups excluding carboxylic acids is 1. The number of likely N-dealkylation sites (N-methyl/N-ethyl adjacent to an activating group) is 1. The van der Waals surface area contributed by atoms with Gasteiger partial charge in [0.1, 0.15) is 11.5 Å². The van der Waals surface area contributed by atoms with Crippen LogP contribution in [0, 0.1) is 11.6 Å². The Morgan fingerprint density at radius 3 is 2.48 bits per heavy atom. The van der Waals surface area contributed by atoms with Crippen molar-refractivity contribution < 1.29 is 13.6 Å². The fourth-order valence-corrected chi connectivity index (χ4v) is 4.51. The van der Waals surface area contributed by atoms with E-state index >= 15 is 0 Å². The maximum absolute atomic E-state index is 14.0. The van der Waals surface area contributed by atoms with Gasteiger partial charge in [-0.2, -0.15) is 0 Å². The summed E-state index contributed by atoms with van der Waals surface area (Å²) >= 11 is 1.20. The second-order valence-electron chi connectivity index (χ2n) is 6.94. The SMILES string of the molecule is CCN1C(=O)/C(=C\c2ccc(N3CCCC3)cc2)SC1=Nc1ccc(F)cc1F. The van der Waals surface area contributed by atoms with Crippen molar-refractivity contribution >= 4 is 40.3 Å². The monoisotopic (exact) mass is 413 g/mol. The van der Waals surface area contributed by atoms with Crippen LogP contribution < -0.4 is 4.90 Å². The second kappa shape index (κ2) is 8.37. The van der Waals surface area contributed by atoms with Crippen LogP contribution >= 0.6 is 11.8 Å². The second-order valence-corrected chi connectivity index (χ2v) is 7.94. The van der Waals surface area contributed by atoms with Crippen LogP contribution in [-0.2, 0) is 4.79 Å². The first kappa shape index (κ1) is 19.6. The molecule has 0 atom stereocenters. The molecule has 2 aromatic carbocycles. The van der Waals surface area contributed by atoms with Gasteiger partial charge in [0.2, 0.25) is 0 Å². The Hall–Kier alpha value is -2.67. The molecule has 0 radical (unpaired) electrons. The molecule has 4 rings (SSSR count). The minimum Gasteiger partial charge on any atom is -0.372 e. The van der Waals surface area contributed by atoms with Gasteiger partial charge in [-0.05, 0) is 67.4 Å². The highest BCUT2D eigenvalue weighted by Crippen LogP contribution is 2.35. The summed E-state index contributed by atoms with van der Waals surface area (Å²) in [5.74, 6) is -1.58. The molecular weight excluding hydrogens is 392 g/mol. The van der Waals surface area contributed by atoms with E-state index in [1.165, 1.54) is 41.3 Å². The van der Waals surface area contributed by atoms with Crippen LogP contribution in [0.3, 0.4) is 0 Å². The van der Waals surface area contributed by atoms with E-state index in [-0.39, 0.29) is 11.6 Å². The first-order valence-electron chi connectivity index (χ1n) is 9.65. The lowest BCUT2D eigenvalue weighted by atomic mass is 10.2. The number of carbonyl (C=O) groups is 1. The smallest absolute Gasteiger partial charge is 0.266 e. The van der Waals surface area contributed by atoms with E-state index in [4.69, 9.17) is 0 Å². The Morgan fingerprint density at radius 2 is 1.83 bits per heavy atom. The molecule has 150 valence electrons. The van der Waals surface area contributed by atoms with Crippen molar-refractivity contribution in [2.24, 2.45) is 4.99 Å². The number of nitrogens with zero attached hydrogens (tertiary/aromatic N) is 3. The number of hydrogen-bond donors (Lipinski definition) is 0. The highest BCUT2D eigenvalue weighted by Gasteiger charge is 2.32. The molecule has 2 fully saturated rings. The van der Waals surface area contributed by atoms with Crippen LogP contribution in [0.15, 0.2) is 52.4 Å². The molecule has 7 heteroatoms. The minimum absolute atomic E-state index is 0.0105.